The third-order valence-electron chi connectivity index (χ3n) is 1.07. The van der Waals surface area contributed by atoms with Crippen LogP contribution in [0, 0.1) is 0 Å². The molecule has 4 nitrogen and oxygen atoms in total. The second-order valence-electron chi connectivity index (χ2n) is 1.78. The molecule has 1 atom stereocenters. The highest BCUT2D eigenvalue weighted by Crippen LogP contribution is 2.20. The van der Waals surface area contributed by atoms with Crippen LogP contribution in [-0.2, 0) is 7.05 Å². The van der Waals surface area contributed by atoms with E-state index in [9.17, 15) is 0 Å². The number of hydrogen-bond acceptors (Lipinski definition) is 3. The van der Waals surface area contributed by atoms with E-state index in [0.29, 0.717) is 0 Å². The molecule has 0 aliphatic heterocycles. The molecule has 56 valence electrons. The van der Waals surface area contributed by atoms with E-state index in [1.165, 1.54) is 0 Å². The van der Waals surface area contributed by atoms with Crippen molar-refractivity contribution in [3.05, 3.63) is 5.82 Å². The molecule has 1 heterocycles. The van der Waals surface area contributed by atoms with Gasteiger partial charge in [0.1, 0.15) is 0 Å². The predicted molar refractivity (Wildman–Crippen MR) is 44.3 cm³/mol. The van der Waals surface area contributed by atoms with Gasteiger partial charge in [0.05, 0.1) is 4.83 Å². The van der Waals surface area contributed by atoms with E-state index < -0.39 is 0 Å². The van der Waals surface area contributed by atoms with E-state index >= 15 is 0 Å². The molecule has 0 aliphatic rings. The molecule has 1 aromatic rings. The SMILES string of the molecule is Cn1nnnc1[C@@H](Br)CBr. The summed E-state index contributed by atoms with van der Waals surface area (Å²) in [6.07, 6.45) is 0. The van der Waals surface area contributed by atoms with Gasteiger partial charge in [0.2, 0.25) is 0 Å². The molecule has 0 saturated heterocycles. The summed E-state index contributed by atoms with van der Waals surface area (Å²) in [6, 6.07) is 0. The molecule has 0 fully saturated rings. The Morgan fingerprint density at radius 1 is 1.70 bits per heavy atom. The van der Waals surface area contributed by atoms with Crippen molar-refractivity contribution in [1.82, 2.24) is 20.2 Å². The first-order valence-electron chi connectivity index (χ1n) is 2.68. The fourth-order valence-corrected chi connectivity index (χ4v) is 1.25. The van der Waals surface area contributed by atoms with E-state index in [0.717, 1.165) is 11.2 Å². The normalized spacial score (nSPS) is 13.5. The quantitative estimate of drug-likeness (QED) is 0.754. The van der Waals surface area contributed by atoms with Crippen molar-refractivity contribution < 1.29 is 0 Å². The number of halogens is 2. The minimum Gasteiger partial charge on any atom is -0.232 e. The van der Waals surface area contributed by atoms with Crippen molar-refractivity contribution in [2.45, 2.75) is 4.83 Å². The lowest BCUT2D eigenvalue weighted by Crippen LogP contribution is -2.02. The molecular formula is C4H6Br2N4. The summed E-state index contributed by atoms with van der Waals surface area (Å²) in [6.45, 7) is 0. The molecule has 0 unspecified atom stereocenters. The number of aromatic nitrogens is 4. The zero-order valence-electron chi connectivity index (χ0n) is 5.33. The van der Waals surface area contributed by atoms with Crippen LogP contribution in [-0.4, -0.2) is 25.5 Å². The standard InChI is InChI=1S/C4H6Br2N4/c1-10-4(3(6)2-5)7-8-9-10/h3H,2H2,1H3/t3-/m0/s1. The average Bonchev–Trinajstić information content (AvgIpc) is 2.34. The number of aryl methyl sites for hydroxylation is 1. The van der Waals surface area contributed by atoms with Crippen LogP contribution >= 0.6 is 31.9 Å². The Kier molecular flexibility index (Phi) is 2.79. The van der Waals surface area contributed by atoms with Gasteiger partial charge in [0, 0.05) is 12.4 Å². The molecule has 0 aromatic carbocycles. The van der Waals surface area contributed by atoms with Gasteiger partial charge >= 0.3 is 0 Å². The summed E-state index contributed by atoms with van der Waals surface area (Å²) in [5.41, 5.74) is 0. The van der Waals surface area contributed by atoms with Crippen LogP contribution in [0.2, 0.25) is 0 Å². The zero-order valence-corrected chi connectivity index (χ0v) is 8.50. The van der Waals surface area contributed by atoms with Crippen LogP contribution in [0.25, 0.3) is 0 Å². The van der Waals surface area contributed by atoms with E-state index in [1.807, 2.05) is 7.05 Å². The molecule has 0 bridgehead atoms. The minimum absolute atomic E-state index is 0.187. The van der Waals surface area contributed by atoms with E-state index in [4.69, 9.17) is 0 Å². The first kappa shape index (κ1) is 8.13. The van der Waals surface area contributed by atoms with Gasteiger partial charge in [-0.1, -0.05) is 31.9 Å². The Labute approximate surface area is 75.2 Å². The van der Waals surface area contributed by atoms with E-state index in [-0.39, 0.29) is 4.83 Å². The van der Waals surface area contributed by atoms with Gasteiger partial charge in [-0.2, -0.15) is 0 Å². The highest BCUT2D eigenvalue weighted by atomic mass is 79.9. The molecule has 0 saturated carbocycles. The number of tetrazole rings is 1. The molecule has 0 amide bonds. The van der Waals surface area contributed by atoms with Gasteiger partial charge in [-0.3, -0.25) is 0 Å². The second-order valence-corrected chi connectivity index (χ2v) is 3.54. The van der Waals surface area contributed by atoms with Crippen LogP contribution < -0.4 is 0 Å². The fourth-order valence-electron chi connectivity index (χ4n) is 0.571. The maximum absolute atomic E-state index is 3.81. The first-order valence-corrected chi connectivity index (χ1v) is 4.71. The molecule has 1 aromatic heterocycles. The summed E-state index contributed by atoms with van der Waals surface area (Å²) in [4.78, 5) is 0.187. The molecule has 10 heavy (non-hydrogen) atoms. The van der Waals surface area contributed by atoms with Gasteiger partial charge < -0.3 is 0 Å². The number of rotatable bonds is 2. The highest BCUT2D eigenvalue weighted by Gasteiger charge is 2.11. The van der Waals surface area contributed by atoms with Crippen LogP contribution in [0.5, 0.6) is 0 Å². The Balaban J connectivity index is 2.82. The monoisotopic (exact) mass is 268 g/mol. The van der Waals surface area contributed by atoms with Gasteiger partial charge in [-0.25, -0.2) is 4.68 Å². The topological polar surface area (TPSA) is 43.6 Å². The zero-order chi connectivity index (χ0) is 7.56. The number of hydrogen-bond donors (Lipinski definition) is 0. The summed E-state index contributed by atoms with van der Waals surface area (Å²) in [5.74, 6) is 0.830. The smallest absolute Gasteiger partial charge is 0.165 e. The van der Waals surface area contributed by atoms with Crippen LogP contribution in [0.3, 0.4) is 0 Å². The van der Waals surface area contributed by atoms with Gasteiger partial charge in [0.25, 0.3) is 0 Å². The van der Waals surface area contributed by atoms with Crippen molar-refractivity contribution in [1.29, 1.82) is 0 Å². The number of nitrogens with zero attached hydrogens (tertiary/aromatic N) is 4. The third-order valence-corrected chi connectivity index (χ3v) is 3.32. The lowest BCUT2D eigenvalue weighted by atomic mass is 10.5. The van der Waals surface area contributed by atoms with Crippen LogP contribution in [0.1, 0.15) is 10.7 Å². The van der Waals surface area contributed by atoms with Crippen LogP contribution in [0.4, 0.5) is 0 Å². The van der Waals surface area contributed by atoms with Gasteiger partial charge in [-0.15, -0.1) is 5.10 Å². The maximum Gasteiger partial charge on any atom is 0.165 e. The Hall–Kier alpha value is 0.0300. The van der Waals surface area contributed by atoms with Crippen molar-refractivity contribution >= 4 is 31.9 Å². The summed E-state index contributed by atoms with van der Waals surface area (Å²) < 4.78 is 1.64. The summed E-state index contributed by atoms with van der Waals surface area (Å²) in [5, 5.41) is 11.8. The summed E-state index contributed by atoms with van der Waals surface area (Å²) in [7, 11) is 1.81. The first-order chi connectivity index (χ1) is 4.75. The summed E-state index contributed by atoms with van der Waals surface area (Å²) >= 11 is 6.72. The molecule has 1 rings (SSSR count). The van der Waals surface area contributed by atoms with Crippen molar-refractivity contribution in [2.75, 3.05) is 5.33 Å². The Morgan fingerprint density at radius 3 is 2.80 bits per heavy atom. The van der Waals surface area contributed by atoms with E-state index in [2.05, 4.69) is 47.4 Å². The lowest BCUT2D eigenvalue weighted by Gasteiger charge is -2.00. The van der Waals surface area contributed by atoms with Crippen molar-refractivity contribution in [2.24, 2.45) is 7.05 Å². The van der Waals surface area contributed by atoms with Gasteiger partial charge in [0.15, 0.2) is 5.82 Å². The molecule has 6 heteroatoms. The fraction of sp³-hybridized carbons (Fsp3) is 0.750. The predicted octanol–water partition coefficient (Wildman–Crippen LogP) is 1.04. The molecule has 0 spiro atoms. The highest BCUT2D eigenvalue weighted by molar-refractivity contribution is 9.12. The van der Waals surface area contributed by atoms with Crippen molar-refractivity contribution in [3.8, 4) is 0 Å². The van der Waals surface area contributed by atoms with Gasteiger partial charge in [-0.05, 0) is 10.4 Å². The van der Waals surface area contributed by atoms with Crippen molar-refractivity contribution in [3.63, 3.8) is 0 Å². The lowest BCUT2D eigenvalue weighted by molar-refractivity contribution is 0.682. The molecule has 0 N–H and O–H groups in total. The van der Waals surface area contributed by atoms with E-state index in [1.54, 1.807) is 4.68 Å². The average molecular weight is 270 g/mol. The molecule has 0 radical (unpaired) electrons. The molecule has 0 aliphatic carbocycles. The molecular weight excluding hydrogens is 264 g/mol. The Bertz CT molecular complexity index is 211. The largest absolute Gasteiger partial charge is 0.232 e. The van der Waals surface area contributed by atoms with Crippen LogP contribution in [0.15, 0.2) is 0 Å². The number of alkyl halides is 2. The second kappa shape index (κ2) is 3.43. The Morgan fingerprint density at radius 2 is 2.40 bits per heavy atom. The minimum atomic E-state index is 0.187. The third kappa shape index (κ3) is 1.54. The maximum atomic E-state index is 3.81.